The first kappa shape index (κ1) is 61.8. The molecule has 0 radical (unpaired) electrons. The number of anilines is 18. The molecule has 0 atom stereocenters. The van der Waals surface area contributed by atoms with Crippen LogP contribution in [0.25, 0.3) is 34.2 Å². The van der Waals surface area contributed by atoms with E-state index in [4.69, 9.17) is 44.1 Å². The summed E-state index contributed by atoms with van der Waals surface area (Å²) in [6.07, 6.45) is 11.5. The second-order valence-electron chi connectivity index (χ2n) is 26.4. The molecule has 13 aromatic carbocycles. The van der Waals surface area contributed by atoms with Crippen molar-refractivity contribution >= 4 is 138 Å². The van der Waals surface area contributed by atoms with Gasteiger partial charge in [0, 0.05) is 63.1 Å². The van der Waals surface area contributed by atoms with Crippen molar-refractivity contribution in [1.29, 1.82) is 0 Å². The third-order valence-corrected chi connectivity index (χ3v) is 23.3. The van der Waals surface area contributed by atoms with E-state index in [9.17, 15) is 0 Å². The van der Waals surface area contributed by atoms with Gasteiger partial charge in [0.25, 0.3) is 0 Å². The molecule has 0 spiro atoms. The number of aromatic nitrogens is 6. The Bertz CT molecular complexity index is 5610. The van der Waals surface area contributed by atoms with E-state index < -0.39 is 0 Å². The number of fused-ring (bicyclic) bond motifs is 12. The molecule has 3 aromatic heterocycles. The van der Waals surface area contributed by atoms with Gasteiger partial charge in [-0.25, -0.2) is 29.9 Å². The Balaban J connectivity index is 0.635. The first-order valence-corrected chi connectivity index (χ1v) is 37.7. The van der Waals surface area contributed by atoms with Gasteiger partial charge in [-0.05, 0) is 182 Å². The first-order valence-electron chi connectivity index (χ1n) is 35.2. The number of benzene rings is 13. The molecule has 16 aromatic rings. The third-order valence-electron chi connectivity index (χ3n) is 20.0. The van der Waals surface area contributed by atoms with Crippen LogP contribution < -0.4 is 43.6 Å². The summed E-state index contributed by atoms with van der Waals surface area (Å²) in [7, 11) is 0. The molecule has 0 amide bonds. The molecule has 6 aliphatic heterocycles. The Hall–Kier alpha value is -13.7. The smallest absolute Gasteiger partial charge is 0.159 e. The summed E-state index contributed by atoms with van der Waals surface area (Å²) in [5.41, 5.74) is 19.6. The van der Waals surface area contributed by atoms with E-state index in [0.29, 0.717) is 17.5 Å². The summed E-state index contributed by atoms with van der Waals surface area (Å²) in [4.78, 5) is 51.6. The zero-order valence-corrected chi connectivity index (χ0v) is 59.4. The van der Waals surface area contributed by atoms with Gasteiger partial charge in [-0.3, -0.25) is 0 Å². The molecule has 0 aliphatic carbocycles. The van der Waals surface area contributed by atoms with Crippen molar-refractivity contribution in [2.75, 3.05) is 29.4 Å². The second kappa shape index (κ2) is 25.0. The van der Waals surface area contributed by atoms with Crippen LogP contribution in [0.5, 0.6) is 34.5 Å². The van der Waals surface area contributed by atoms with Crippen LogP contribution in [0.3, 0.4) is 0 Å². The van der Waals surface area contributed by atoms with E-state index in [1.54, 1.807) is 35.3 Å². The fourth-order valence-electron chi connectivity index (χ4n) is 15.2. The van der Waals surface area contributed by atoms with Crippen molar-refractivity contribution in [3.8, 4) is 68.7 Å². The Morgan fingerprint density at radius 2 is 0.389 bits per heavy atom. The zero-order valence-electron chi connectivity index (χ0n) is 57.0. The van der Waals surface area contributed by atoms with Gasteiger partial charge in [-0.15, -0.1) is 0 Å². The highest BCUT2D eigenvalue weighted by atomic mass is 32.2. The Morgan fingerprint density at radius 3 is 0.639 bits per heavy atom. The number of nitrogens with zero attached hydrogens (tertiary/aromatic N) is 12. The summed E-state index contributed by atoms with van der Waals surface area (Å²) in [6, 6.07) is 101. The minimum atomic E-state index is 0.500. The number of hydrogen-bond donors (Lipinski definition) is 0. The lowest BCUT2D eigenvalue weighted by atomic mass is 10.0. The number of para-hydroxylation sites is 15. The number of hydrogen-bond acceptors (Lipinski definition) is 18. The van der Waals surface area contributed by atoms with Crippen LogP contribution in [0, 0.1) is 0 Å². The van der Waals surface area contributed by atoms with E-state index in [-0.39, 0.29) is 0 Å². The molecule has 0 unspecified atom stereocenters. The molecule has 15 nitrogen and oxygen atoms in total. The van der Waals surface area contributed by atoms with Gasteiger partial charge in [0.05, 0.1) is 122 Å². The molecular formula is C90H54N12O3S3. The molecule has 9 heterocycles. The number of ether oxygens (including phenoxy) is 3. The highest BCUT2D eigenvalue weighted by Gasteiger charge is 2.35. The minimum absolute atomic E-state index is 0.500. The molecule has 108 heavy (non-hydrogen) atoms. The van der Waals surface area contributed by atoms with Gasteiger partial charge in [-0.2, -0.15) is 0 Å². The summed E-state index contributed by atoms with van der Waals surface area (Å²) < 4.78 is 19.3. The number of rotatable bonds is 9. The van der Waals surface area contributed by atoms with E-state index >= 15 is 0 Å². The van der Waals surface area contributed by atoms with Crippen molar-refractivity contribution in [1.82, 2.24) is 29.9 Å². The van der Waals surface area contributed by atoms with Crippen LogP contribution in [0.4, 0.5) is 102 Å². The van der Waals surface area contributed by atoms with Crippen molar-refractivity contribution < 1.29 is 14.2 Å². The molecule has 0 bridgehead atoms. The maximum atomic E-state index is 6.42. The predicted molar refractivity (Wildman–Crippen MR) is 430 cm³/mol. The Kier molecular flexibility index (Phi) is 14.3. The monoisotopic (exact) mass is 1450 g/mol. The molecule has 18 heteroatoms. The predicted octanol–water partition coefficient (Wildman–Crippen LogP) is 25.6. The summed E-state index contributed by atoms with van der Waals surface area (Å²) >= 11 is 5.25. The lowest BCUT2D eigenvalue weighted by molar-refractivity contribution is 0.476. The van der Waals surface area contributed by atoms with Crippen LogP contribution in [0.15, 0.2) is 358 Å². The van der Waals surface area contributed by atoms with Gasteiger partial charge in [0.1, 0.15) is 0 Å². The molecule has 0 fully saturated rings. The lowest BCUT2D eigenvalue weighted by Gasteiger charge is -2.35. The standard InChI is InChI=1S/C90H54N12O3S3/c1-10-28-76-64(19-1)97(65-20-2-11-29-77(65)103-76)58-37-40-73-85(46-58)106-82-34-16-7-25-70(82)100(73)61-49-91-88(92-50-61)55-43-56(89-93-51-62(52-94-89)101-71-26-8-17-35-83(71)107-86-47-59(38-41-74(86)101)98-66-21-3-12-30-78(66)104-79-31-13-4-22-67(79)98)45-57(44-55)90-95-53-63(54-96-90)102-72-27-9-18-36-84(72)108-87-48-60(39-42-75(87)102)99-68-23-5-14-32-80(68)105-81-33-15-6-24-69(81)99/h1-54H. The van der Waals surface area contributed by atoms with Crippen LogP contribution in [0.1, 0.15) is 0 Å². The largest absolute Gasteiger partial charge is 0.453 e. The fraction of sp³-hybridized carbons (Fsp3) is 0. The molecule has 0 N–H and O–H groups in total. The van der Waals surface area contributed by atoms with Gasteiger partial charge in [-0.1, -0.05) is 144 Å². The molecule has 510 valence electrons. The van der Waals surface area contributed by atoms with Crippen LogP contribution in [0.2, 0.25) is 0 Å². The lowest BCUT2D eigenvalue weighted by Crippen LogP contribution is -2.18. The minimum Gasteiger partial charge on any atom is -0.453 e. The summed E-state index contributed by atoms with van der Waals surface area (Å²) in [6.45, 7) is 0. The van der Waals surface area contributed by atoms with Gasteiger partial charge in [0.15, 0.2) is 52.0 Å². The van der Waals surface area contributed by atoms with Gasteiger partial charge < -0.3 is 43.6 Å². The van der Waals surface area contributed by atoms with Gasteiger partial charge >= 0.3 is 0 Å². The summed E-state index contributed by atoms with van der Waals surface area (Å²) in [5, 5.41) is 0. The molecule has 0 saturated carbocycles. The molecule has 6 aliphatic rings. The Morgan fingerprint density at radius 1 is 0.185 bits per heavy atom. The SMILES string of the molecule is c1ccc2c(c1)Oc1ccccc1N2c1ccc2c(c1)Sc1ccccc1N2c1cnc(-c2cc(-c3ncc(N4c5ccccc5Sc5cc(N6c7ccccc7Oc7ccccc76)ccc54)cn3)cc(-c3ncc(N4c5ccccc5Sc5cc(N6c7ccccc7Oc7ccccc76)ccc54)cn3)c2)nc1. The van der Waals surface area contributed by atoms with E-state index in [1.165, 1.54) is 0 Å². The average molecular weight is 1450 g/mol. The van der Waals surface area contributed by atoms with Crippen molar-refractivity contribution in [3.05, 3.63) is 328 Å². The fourth-order valence-corrected chi connectivity index (χ4v) is 18.5. The van der Waals surface area contributed by atoms with E-state index in [0.717, 1.165) is 183 Å². The van der Waals surface area contributed by atoms with Crippen molar-refractivity contribution in [2.24, 2.45) is 0 Å². The zero-order chi connectivity index (χ0) is 70.9. The van der Waals surface area contributed by atoms with E-state index in [2.05, 4.69) is 248 Å². The van der Waals surface area contributed by atoms with Gasteiger partial charge in [0.2, 0.25) is 0 Å². The van der Waals surface area contributed by atoms with Crippen molar-refractivity contribution in [2.45, 2.75) is 29.4 Å². The highest BCUT2D eigenvalue weighted by Crippen LogP contribution is 2.60. The quantitative estimate of drug-likeness (QED) is 0.136. The van der Waals surface area contributed by atoms with Crippen molar-refractivity contribution in [3.63, 3.8) is 0 Å². The summed E-state index contributed by atoms with van der Waals surface area (Å²) in [5.74, 6) is 6.29. The normalized spacial score (nSPS) is 13.6. The second-order valence-corrected chi connectivity index (χ2v) is 29.6. The maximum Gasteiger partial charge on any atom is 0.159 e. The third kappa shape index (κ3) is 10.2. The molecule has 22 rings (SSSR count). The topological polar surface area (TPSA) is 124 Å². The van der Waals surface area contributed by atoms with Crippen LogP contribution in [-0.4, -0.2) is 29.9 Å². The maximum absolute atomic E-state index is 6.42. The van der Waals surface area contributed by atoms with E-state index in [1.807, 2.05) is 110 Å². The molecule has 0 saturated heterocycles. The van der Waals surface area contributed by atoms with Crippen LogP contribution in [-0.2, 0) is 0 Å². The first-order chi connectivity index (χ1) is 53.5. The van der Waals surface area contributed by atoms with Crippen LogP contribution >= 0.6 is 35.3 Å². The Labute approximate surface area is 633 Å². The molecular weight excluding hydrogens is 1390 g/mol. The highest BCUT2D eigenvalue weighted by molar-refractivity contribution is 8.00. The average Bonchev–Trinajstić information content (AvgIpc) is 0.749.